The maximum Gasteiger partial charge on any atom is 0.306 e. The van der Waals surface area contributed by atoms with Gasteiger partial charge in [0.1, 0.15) is 13.2 Å². The van der Waals surface area contributed by atoms with Crippen LogP contribution < -0.4 is 10.6 Å². The summed E-state index contributed by atoms with van der Waals surface area (Å²) < 4.78 is 45.9. The Bertz CT molecular complexity index is 1020. The second-order valence-corrected chi connectivity index (χ2v) is 12.7. The van der Waals surface area contributed by atoms with Crippen LogP contribution in [-0.2, 0) is 66.6 Å². The van der Waals surface area contributed by atoms with Crippen molar-refractivity contribution in [2.45, 2.75) is 116 Å². The van der Waals surface area contributed by atoms with Gasteiger partial charge in [0.15, 0.2) is 18.9 Å². The third kappa shape index (κ3) is 39.3. The smallest absolute Gasteiger partial charge is 0.306 e. The Morgan fingerprint density at radius 3 is 1.29 bits per heavy atom. The quantitative estimate of drug-likeness (QED) is 0.0196. The number of halogens is 1. The lowest BCUT2D eigenvalue weighted by Crippen LogP contribution is -2.31. The van der Waals surface area contributed by atoms with Gasteiger partial charge in [0.2, 0.25) is 11.8 Å². The van der Waals surface area contributed by atoms with Crippen molar-refractivity contribution in [3.05, 3.63) is 0 Å². The number of alkyl halides is 1. The molecule has 0 heterocycles. The minimum atomic E-state index is -1.06. The van der Waals surface area contributed by atoms with Crippen molar-refractivity contribution >= 4 is 45.7 Å². The number of aliphatic carboxylic acids is 1. The molecule has 0 rings (SSSR count). The summed E-state index contributed by atoms with van der Waals surface area (Å²) in [6.07, 6.45) is -0.358. The van der Waals surface area contributed by atoms with Gasteiger partial charge < -0.3 is 78.8 Å². The molecule has 0 aromatic carbocycles. The minimum absolute atomic E-state index is 0.0275. The molecule has 0 spiro atoms. The SMILES string of the molecule is CCC(CO)OC(CO)OC.CCC(CO)OC(COC(=O)CCC(=O)NCCCOCCCNC(=O)CBr)OC.CCC(CO)OC(COC(=O)CCC(=O)O)OC. The van der Waals surface area contributed by atoms with Crippen LogP contribution >= 0.6 is 15.9 Å². The van der Waals surface area contributed by atoms with E-state index in [0.717, 1.165) is 6.42 Å². The molecule has 0 aliphatic heterocycles. The Hall–Kier alpha value is -2.61. The maximum atomic E-state index is 11.8. The molecule has 0 bridgehead atoms. The predicted octanol–water partition coefficient (Wildman–Crippen LogP) is 0.387. The van der Waals surface area contributed by atoms with Crippen LogP contribution in [0.5, 0.6) is 0 Å². The van der Waals surface area contributed by atoms with E-state index < -0.39 is 36.8 Å². The number of aliphatic hydroxyl groups is 4. The van der Waals surface area contributed by atoms with Crippen molar-refractivity contribution < 1.29 is 92.1 Å². The number of methoxy groups -OCH3 is 3. The Labute approximate surface area is 356 Å². The zero-order valence-electron chi connectivity index (χ0n) is 35.4. The minimum Gasteiger partial charge on any atom is -0.481 e. The molecule has 0 aromatic heterocycles. The average Bonchev–Trinajstić information content (AvgIpc) is 3.25. The van der Waals surface area contributed by atoms with E-state index in [9.17, 15) is 24.0 Å². The Morgan fingerprint density at radius 1 is 0.559 bits per heavy atom. The fourth-order valence-electron chi connectivity index (χ4n) is 3.88. The van der Waals surface area contributed by atoms with Gasteiger partial charge in [0.05, 0.1) is 69.3 Å². The van der Waals surface area contributed by atoms with Crippen molar-refractivity contribution in [3.8, 4) is 0 Å². The third-order valence-electron chi connectivity index (χ3n) is 7.50. The molecular weight excluding hydrogens is 856 g/mol. The average molecular weight is 928 g/mol. The lowest BCUT2D eigenvalue weighted by Gasteiger charge is -2.21. The van der Waals surface area contributed by atoms with Gasteiger partial charge in [0, 0.05) is 54.1 Å². The van der Waals surface area contributed by atoms with E-state index in [-0.39, 0.29) is 101 Å². The molecule has 6 atom stereocenters. The first kappa shape index (κ1) is 60.7. The molecule has 7 N–H and O–H groups in total. The number of carbonyl (C=O) groups excluding carboxylic acids is 4. The fourth-order valence-corrected chi connectivity index (χ4v) is 4.08. The van der Waals surface area contributed by atoms with Crippen molar-refractivity contribution in [1.82, 2.24) is 10.6 Å². The molecular formula is C37H71BrN2O19. The summed E-state index contributed by atoms with van der Waals surface area (Å²) >= 11 is 3.06. The Kier molecular flexibility index (Phi) is 44.7. The molecule has 6 unspecified atom stereocenters. The van der Waals surface area contributed by atoms with Gasteiger partial charge in [-0.3, -0.25) is 24.0 Å². The Morgan fingerprint density at radius 2 is 0.949 bits per heavy atom. The second-order valence-electron chi connectivity index (χ2n) is 12.1. The van der Waals surface area contributed by atoms with Crippen LogP contribution in [0.25, 0.3) is 0 Å². The van der Waals surface area contributed by atoms with E-state index in [4.69, 9.17) is 68.2 Å². The number of esters is 2. The van der Waals surface area contributed by atoms with Crippen molar-refractivity contribution in [2.75, 3.05) is 92.6 Å². The topological polar surface area (TPSA) is 294 Å². The van der Waals surface area contributed by atoms with Gasteiger partial charge >= 0.3 is 17.9 Å². The highest BCUT2D eigenvalue weighted by Gasteiger charge is 2.18. The van der Waals surface area contributed by atoms with Crippen molar-refractivity contribution in [1.29, 1.82) is 0 Å². The van der Waals surface area contributed by atoms with Gasteiger partial charge in [-0.2, -0.15) is 0 Å². The van der Waals surface area contributed by atoms with Crippen LogP contribution in [0.1, 0.15) is 78.6 Å². The molecule has 0 fully saturated rings. The molecule has 0 saturated heterocycles. The standard InChI is InChI=1S/C19H35BrN2O8.C11H20O7.C7H16O4/c1-3-15(13-23)30-19(27-2)14-29-18(26)7-6-16(24)21-8-4-10-28-11-5-9-22-17(25)12-20;1-3-8(6-12)18-11(16-2)7-17-10(15)5-4-9(13)14;1-3-6(4-8)11-7(5-9)10-2/h15,19,23H,3-14H2,1-2H3,(H,21,24)(H,22,25);8,11-12H,3-7H2,1-2H3,(H,13,14);6-9H,3-5H2,1-2H3. The monoisotopic (exact) mass is 926 g/mol. The lowest BCUT2D eigenvalue weighted by molar-refractivity contribution is -0.195. The van der Waals surface area contributed by atoms with Crippen molar-refractivity contribution in [2.24, 2.45) is 0 Å². The van der Waals surface area contributed by atoms with E-state index >= 15 is 0 Å². The summed E-state index contributed by atoms with van der Waals surface area (Å²) in [5.41, 5.74) is 0. The first-order chi connectivity index (χ1) is 28.3. The summed E-state index contributed by atoms with van der Waals surface area (Å²) in [6.45, 7) is 6.87. The number of hydrogen-bond donors (Lipinski definition) is 7. The van der Waals surface area contributed by atoms with E-state index in [1.54, 1.807) is 0 Å². The zero-order valence-corrected chi connectivity index (χ0v) is 37.0. The van der Waals surface area contributed by atoms with Crippen LogP contribution in [-0.4, -0.2) is 185 Å². The number of carbonyl (C=O) groups is 5. The first-order valence-corrected chi connectivity index (χ1v) is 20.6. The number of aliphatic hydroxyl groups excluding tert-OH is 4. The van der Waals surface area contributed by atoms with Crippen LogP contribution in [0, 0.1) is 0 Å². The molecule has 0 aromatic rings. The molecule has 21 nitrogen and oxygen atoms in total. The number of amides is 2. The molecule has 0 radical (unpaired) electrons. The van der Waals surface area contributed by atoms with Gasteiger partial charge in [-0.05, 0) is 32.1 Å². The highest BCUT2D eigenvalue weighted by molar-refractivity contribution is 9.09. The second kappa shape index (κ2) is 43.5. The van der Waals surface area contributed by atoms with Crippen LogP contribution in [0.3, 0.4) is 0 Å². The first-order valence-electron chi connectivity index (χ1n) is 19.5. The number of rotatable bonds is 35. The molecule has 22 heteroatoms. The van der Waals surface area contributed by atoms with Crippen LogP contribution in [0.4, 0.5) is 0 Å². The van der Waals surface area contributed by atoms with Gasteiger partial charge in [-0.15, -0.1) is 0 Å². The van der Waals surface area contributed by atoms with Gasteiger partial charge in [0.25, 0.3) is 0 Å². The van der Waals surface area contributed by atoms with Crippen LogP contribution in [0.15, 0.2) is 0 Å². The normalized spacial score (nSPS) is 13.8. The number of nitrogens with one attached hydrogen (secondary N) is 2. The van der Waals surface area contributed by atoms with Gasteiger partial charge in [-0.1, -0.05) is 36.7 Å². The van der Waals surface area contributed by atoms with Crippen molar-refractivity contribution in [3.63, 3.8) is 0 Å². The van der Waals surface area contributed by atoms with E-state index in [2.05, 4.69) is 26.6 Å². The molecule has 59 heavy (non-hydrogen) atoms. The zero-order chi connectivity index (χ0) is 45.3. The number of ether oxygens (including phenoxy) is 9. The predicted molar refractivity (Wildman–Crippen MR) is 214 cm³/mol. The van der Waals surface area contributed by atoms with Crippen LogP contribution in [0.2, 0.25) is 0 Å². The highest BCUT2D eigenvalue weighted by Crippen LogP contribution is 2.07. The summed E-state index contributed by atoms with van der Waals surface area (Å²) in [7, 11) is 4.26. The Balaban J connectivity index is -0.000000909. The molecule has 0 aliphatic rings. The molecule has 350 valence electrons. The number of carboxylic acids is 1. The van der Waals surface area contributed by atoms with Gasteiger partial charge in [-0.25, -0.2) is 0 Å². The summed E-state index contributed by atoms with van der Waals surface area (Å²) in [6, 6.07) is 0. The summed E-state index contributed by atoms with van der Waals surface area (Å²) in [5, 5.41) is 49.5. The lowest BCUT2D eigenvalue weighted by atomic mass is 10.3. The third-order valence-corrected chi connectivity index (χ3v) is 8.01. The maximum absolute atomic E-state index is 11.8. The fraction of sp³-hybridized carbons (Fsp3) is 0.865. The number of hydrogen-bond acceptors (Lipinski definition) is 18. The highest BCUT2D eigenvalue weighted by atomic mass is 79.9. The van der Waals surface area contributed by atoms with E-state index in [1.807, 2.05) is 20.8 Å². The van der Waals surface area contributed by atoms with E-state index in [1.165, 1.54) is 21.3 Å². The molecule has 0 aliphatic carbocycles. The molecule has 0 saturated carbocycles. The largest absolute Gasteiger partial charge is 0.481 e. The summed E-state index contributed by atoms with van der Waals surface area (Å²) in [4.78, 5) is 55.9. The number of carboxylic acid groups (broad SMARTS) is 1. The van der Waals surface area contributed by atoms with E-state index in [0.29, 0.717) is 52.0 Å². The summed E-state index contributed by atoms with van der Waals surface area (Å²) in [5.74, 6) is -2.50. The molecule has 2 amide bonds.